The van der Waals surface area contributed by atoms with Crippen LogP contribution in [0.4, 0.5) is 4.79 Å². The van der Waals surface area contributed by atoms with Crippen LogP contribution in [0.5, 0.6) is 5.75 Å². The highest BCUT2D eigenvalue weighted by molar-refractivity contribution is 5.73. The fourth-order valence-corrected chi connectivity index (χ4v) is 2.24. The molecule has 122 valence electrons. The first kappa shape index (κ1) is 16.9. The van der Waals surface area contributed by atoms with Gasteiger partial charge in [-0.25, -0.2) is 4.79 Å². The number of hydrogen-bond acceptors (Lipinski definition) is 2. The van der Waals surface area contributed by atoms with Crippen LogP contribution in [0.3, 0.4) is 0 Å². The SMILES string of the molecule is Cc1ccccc1CCNC(=O)NCCCOc1ccccc1. The normalized spacial score (nSPS) is 10.1. The Hall–Kier alpha value is -2.49. The molecule has 0 aliphatic heterocycles. The van der Waals surface area contributed by atoms with E-state index in [0.717, 1.165) is 18.6 Å². The van der Waals surface area contributed by atoms with Gasteiger partial charge in [0, 0.05) is 13.1 Å². The smallest absolute Gasteiger partial charge is 0.314 e. The number of amides is 2. The van der Waals surface area contributed by atoms with E-state index < -0.39 is 0 Å². The molecule has 0 spiro atoms. The zero-order valence-corrected chi connectivity index (χ0v) is 13.5. The van der Waals surface area contributed by atoms with Crippen molar-refractivity contribution in [2.75, 3.05) is 19.7 Å². The van der Waals surface area contributed by atoms with Gasteiger partial charge in [0.2, 0.25) is 0 Å². The molecule has 2 rings (SSSR count). The quantitative estimate of drug-likeness (QED) is 0.735. The van der Waals surface area contributed by atoms with E-state index in [-0.39, 0.29) is 6.03 Å². The molecule has 0 fully saturated rings. The third kappa shape index (κ3) is 6.43. The molecular formula is C19H24N2O2. The fourth-order valence-electron chi connectivity index (χ4n) is 2.24. The van der Waals surface area contributed by atoms with E-state index >= 15 is 0 Å². The first-order chi connectivity index (χ1) is 11.3. The standard InChI is InChI=1S/C19H24N2O2/c1-16-8-5-6-9-17(16)12-14-21-19(22)20-13-7-15-23-18-10-3-2-4-11-18/h2-6,8-11H,7,12-15H2,1H3,(H2,20,21,22). The molecule has 0 atom stereocenters. The van der Waals surface area contributed by atoms with Crippen LogP contribution < -0.4 is 15.4 Å². The minimum Gasteiger partial charge on any atom is -0.494 e. The van der Waals surface area contributed by atoms with Crippen molar-refractivity contribution < 1.29 is 9.53 Å². The summed E-state index contributed by atoms with van der Waals surface area (Å²) in [5, 5.41) is 5.72. The van der Waals surface area contributed by atoms with Crippen molar-refractivity contribution in [3.63, 3.8) is 0 Å². The number of aryl methyl sites for hydroxylation is 1. The van der Waals surface area contributed by atoms with Gasteiger partial charge in [0.1, 0.15) is 5.75 Å². The average molecular weight is 312 g/mol. The Morgan fingerprint density at radius 1 is 0.957 bits per heavy atom. The largest absolute Gasteiger partial charge is 0.494 e. The second-order valence-corrected chi connectivity index (χ2v) is 5.37. The van der Waals surface area contributed by atoms with Gasteiger partial charge in [0.05, 0.1) is 6.61 Å². The highest BCUT2D eigenvalue weighted by Gasteiger charge is 2.01. The lowest BCUT2D eigenvalue weighted by Gasteiger charge is -2.09. The highest BCUT2D eigenvalue weighted by Crippen LogP contribution is 2.08. The van der Waals surface area contributed by atoms with E-state index in [1.54, 1.807) is 0 Å². The number of para-hydroxylation sites is 1. The van der Waals surface area contributed by atoms with Gasteiger partial charge in [-0.05, 0) is 43.0 Å². The van der Waals surface area contributed by atoms with Crippen molar-refractivity contribution >= 4 is 6.03 Å². The van der Waals surface area contributed by atoms with E-state index in [2.05, 4.69) is 29.7 Å². The van der Waals surface area contributed by atoms with Gasteiger partial charge in [0.15, 0.2) is 0 Å². The predicted octanol–water partition coefficient (Wildman–Crippen LogP) is 3.31. The second-order valence-electron chi connectivity index (χ2n) is 5.37. The second kappa shape index (κ2) is 9.51. The van der Waals surface area contributed by atoms with E-state index in [1.165, 1.54) is 11.1 Å². The minimum absolute atomic E-state index is 0.127. The van der Waals surface area contributed by atoms with Gasteiger partial charge >= 0.3 is 6.03 Å². The third-order valence-corrected chi connectivity index (χ3v) is 3.56. The Balaban J connectivity index is 1.53. The Bertz CT molecular complexity index is 599. The average Bonchev–Trinajstić information content (AvgIpc) is 2.57. The van der Waals surface area contributed by atoms with Crippen LogP contribution in [0.1, 0.15) is 17.5 Å². The van der Waals surface area contributed by atoms with Gasteiger partial charge in [-0.3, -0.25) is 0 Å². The summed E-state index contributed by atoms with van der Waals surface area (Å²) < 4.78 is 5.57. The van der Waals surface area contributed by atoms with Crippen LogP contribution in [-0.2, 0) is 6.42 Å². The Morgan fingerprint density at radius 3 is 2.43 bits per heavy atom. The zero-order valence-electron chi connectivity index (χ0n) is 13.5. The van der Waals surface area contributed by atoms with Crippen LogP contribution in [0, 0.1) is 6.92 Å². The molecule has 0 aliphatic rings. The Labute approximate surface area is 137 Å². The fraction of sp³-hybridized carbons (Fsp3) is 0.316. The van der Waals surface area contributed by atoms with Crippen molar-refractivity contribution in [3.8, 4) is 5.75 Å². The molecule has 0 heterocycles. The Morgan fingerprint density at radius 2 is 1.65 bits per heavy atom. The summed E-state index contributed by atoms with van der Waals surface area (Å²) in [6.07, 6.45) is 1.62. The van der Waals surface area contributed by atoms with E-state index in [0.29, 0.717) is 19.7 Å². The lowest BCUT2D eigenvalue weighted by atomic mass is 10.1. The summed E-state index contributed by atoms with van der Waals surface area (Å²) >= 11 is 0. The molecule has 2 aromatic rings. The van der Waals surface area contributed by atoms with Crippen molar-refractivity contribution in [1.82, 2.24) is 10.6 Å². The van der Waals surface area contributed by atoms with Crippen LogP contribution in [0.25, 0.3) is 0 Å². The molecule has 0 aromatic heterocycles. The maximum Gasteiger partial charge on any atom is 0.314 e. The summed E-state index contributed by atoms with van der Waals surface area (Å²) in [6.45, 7) is 3.91. The first-order valence-electron chi connectivity index (χ1n) is 8.00. The van der Waals surface area contributed by atoms with E-state index in [4.69, 9.17) is 4.74 Å². The first-order valence-corrected chi connectivity index (χ1v) is 8.00. The molecular weight excluding hydrogens is 288 g/mol. The monoisotopic (exact) mass is 312 g/mol. The maximum absolute atomic E-state index is 11.7. The topological polar surface area (TPSA) is 50.4 Å². The van der Waals surface area contributed by atoms with Crippen molar-refractivity contribution in [2.24, 2.45) is 0 Å². The maximum atomic E-state index is 11.7. The van der Waals surface area contributed by atoms with E-state index in [9.17, 15) is 4.79 Å². The van der Waals surface area contributed by atoms with Gasteiger partial charge in [-0.1, -0.05) is 42.5 Å². The predicted molar refractivity (Wildman–Crippen MR) is 92.8 cm³/mol. The number of ether oxygens (including phenoxy) is 1. The molecule has 0 aliphatic carbocycles. The number of urea groups is 1. The van der Waals surface area contributed by atoms with Crippen LogP contribution in [-0.4, -0.2) is 25.7 Å². The summed E-state index contributed by atoms with van der Waals surface area (Å²) in [7, 11) is 0. The van der Waals surface area contributed by atoms with Crippen LogP contribution in [0.15, 0.2) is 54.6 Å². The number of benzene rings is 2. The summed E-state index contributed by atoms with van der Waals surface area (Å²) in [5.41, 5.74) is 2.52. The van der Waals surface area contributed by atoms with Crippen molar-refractivity contribution in [2.45, 2.75) is 19.8 Å². The number of rotatable bonds is 8. The molecule has 4 heteroatoms. The number of hydrogen-bond donors (Lipinski definition) is 2. The molecule has 0 unspecified atom stereocenters. The third-order valence-electron chi connectivity index (χ3n) is 3.56. The zero-order chi connectivity index (χ0) is 16.3. The van der Waals surface area contributed by atoms with E-state index in [1.807, 2.05) is 42.5 Å². The molecule has 2 aromatic carbocycles. The highest BCUT2D eigenvalue weighted by atomic mass is 16.5. The van der Waals surface area contributed by atoms with Crippen LogP contribution in [0.2, 0.25) is 0 Å². The molecule has 0 saturated heterocycles. The molecule has 0 bridgehead atoms. The molecule has 4 nitrogen and oxygen atoms in total. The van der Waals surface area contributed by atoms with Gasteiger partial charge in [-0.2, -0.15) is 0 Å². The summed E-state index contributed by atoms with van der Waals surface area (Å²) in [6, 6.07) is 17.8. The Kier molecular flexibility index (Phi) is 6.98. The molecule has 0 radical (unpaired) electrons. The molecule has 2 N–H and O–H groups in total. The summed E-state index contributed by atoms with van der Waals surface area (Å²) in [5.74, 6) is 0.857. The lowest BCUT2D eigenvalue weighted by molar-refractivity contribution is 0.239. The molecule has 2 amide bonds. The van der Waals surface area contributed by atoms with Crippen molar-refractivity contribution in [1.29, 1.82) is 0 Å². The summed E-state index contributed by atoms with van der Waals surface area (Å²) in [4.78, 5) is 11.7. The van der Waals surface area contributed by atoms with Gasteiger partial charge < -0.3 is 15.4 Å². The number of carbonyl (C=O) groups excluding carboxylic acids is 1. The molecule has 23 heavy (non-hydrogen) atoms. The minimum atomic E-state index is -0.127. The van der Waals surface area contributed by atoms with Crippen molar-refractivity contribution in [3.05, 3.63) is 65.7 Å². The van der Waals surface area contributed by atoms with Gasteiger partial charge in [0.25, 0.3) is 0 Å². The molecule has 0 saturated carbocycles. The number of carbonyl (C=O) groups is 1. The number of nitrogens with one attached hydrogen (secondary N) is 2. The lowest BCUT2D eigenvalue weighted by Crippen LogP contribution is -2.37. The van der Waals surface area contributed by atoms with Crippen LogP contribution >= 0.6 is 0 Å². The van der Waals surface area contributed by atoms with Gasteiger partial charge in [-0.15, -0.1) is 0 Å².